The number of aryl methyl sites for hydroxylation is 1. The fraction of sp³-hybridized carbons (Fsp3) is 0.500. The molecule has 2 aromatic heterocycles. The zero-order chi connectivity index (χ0) is 32.0. The van der Waals surface area contributed by atoms with Crippen LogP contribution in [0.2, 0.25) is 5.15 Å². The smallest absolute Gasteiger partial charge is 0.407 e. The highest BCUT2D eigenvalue weighted by molar-refractivity contribution is 6.31. The van der Waals surface area contributed by atoms with E-state index in [4.69, 9.17) is 37.3 Å². The lowest BCUT2D eigenvalue weighted by molar-refractivity contribution is -0.668. The molecule has 0 spiro atoms. The van der Waals surface area contributed by atoms with Crippen LogP contribution in [0.5, 0.6) is 5.75 Å². The fourth-order valence-corrected chi connectivity index (χ4v) is 4.84. The van der Waals surface area contributed by atoms with Crippen molar-refractivity contribution in [3.05, 3.63) is 34.9 Å². The number of imidazole rings is 1. The third-order valence-corrected chi connectivity index (χ3v) is 6.97. The zero-order valence-electron chi connectivity index (χ0n) is 25.3. The number of morpholine rings is 1. The molecular weight excluding hydrogens is 594 g/mol. The molecule has 3 heterocycles. The van der Waals surface area contributed by atoms with Gasteiger partial charge < -0.3 is 41.2 Å². The second-order valence-corrected chi connectivity index (χ2v) is 11.3. The maximum Gasteiger partial charge on any atom is 0.407 e. The van der Waals surface area contributed by atoms with Crippen LogP contribution in [0, 0.1) is 0 Å². The van der Waals surface area contributed by atoms with Crippen molar-refractivity contribution in [2.45, 2.75) is 52.9 Å². The van der Waals surface area contributed by atoms with Crippen molar-refractivity contribution in [2.75, 3.05) is 50.9 Å². The minimum Gasteiger partial charge on any atom is -0.492 e. The van der Waals surface area contributed by atoms with Gasteiger partial charge in [-0.05, 0) is 39.8 Å². The van der Waals surface area contributed by atoms with Crippen molar-refractivity contribution in [1.82, 2.24) is 30.1 Å². The first kappa shape index (κ1) is 32.5. The summed E-state index contributed by atoms with van der Waals surface area (Å²) in [6, 6.07) is 5.51. The first-order valence-electron chi connectivity index (χ1n) is 14.2. The number of ether oxygens (including phenoxy) is 3. The highest BCUT2D eigenvalue weighted by Crippen LogP contribution is 2.22. The molecule has 1 aromatic carbocycles. The van der Waals surface area contributed by atoms with Gasteiger partial charge in [-0.25, -0.2) is 23.9 Å². The molecule has 6 N–H and O–H groups in total. The number of nitrogens with zero attached hydrogens (tertiary/aromatic N) is 5. The molecule has 1 aliphatic heterocycles. The number of halogens is 1. The monoisotopic (exact) mass is 632 g/mol. The van der Waals surface area contributed by atoms with Crippen molar-refractivity contribution < 1.29 is 33.2 Å². The molecule has 3 aromatic rings. The van der Waals surface area contributed by atoms with E-state index in [0.717, 1.165) is 11.0 Å². The molecule has 0 radical (unpaired) electrons. The largest absolute Gasteiger partial charge is 0.492 e. The van der Waals surface area contributed by atoms with Crippen molar-refractivity contribution >= 4 is 52.2 Å². The van der Waals surface area contributed by atoms with Gasteiger partial charge in [-0.15, -0.1) is 0 Å². The Kier molecular flexibility index (Phi) is 10.3. The molecule has 15 nitrogen and oxygen atoms in total. The van der Waals surface area contributed by atoms with Crippen LogP contribution in [-0.4, -0.2) is 82.4 Å². The SMILES string of the molecule is CCn1c(CNC(=O)c2nc(Cl)c(N)nc2N)[n+](CC(=O)N2CCOCC2)c2ccc(OCCNC(=O)OC(C)(C)C)cc21. The number of amides is 3. The van der Waals surface area contributed by atoms with Gasteiger partial charge in [-0.3, -0.25) is 9.59 Å². The maximum absolute atomic E-state index is 13.3. The molecule has 3 amide bonds. The molecule has 1 fully saturated rings. The Morgan fingerprint density at radius 3 is 2.52 bits per heavy atom. The maximum atomic E-state index is 13.3. The zero-order valence-corrected chi connectivity index (χ0v) is 26.1. The van der Waals surface area contributed by atoms with Gasteiger partial charge >= 0.3 is 6.09 Å². The number of aromatic nitrogens is 4. The molecule has 0 bridgehead atoms. The number of rotatable bonds is 10. The van der Waals surface area contributed by atoms with Crippen LogP contribution in [0.15, 0.2) is 18.2 Å². The lowest BCUT2D eigenvalue weighted by atomic mass is 10.2. The second-order valence-electron chi connectivity index (χ2n) is 11.0. The van der Waals surface area contributed by atoms with Crippen LogP contribution in [0.3, 0.4) is 0 Å². The molecule has 16 heteroatoms. The molecular formula is C28H39ClN9O6+. The van der Waals surface area contributed by atoms with E-state index in [1.807, 2.05) is 28.2 Å². The fourth-order valence-electron chi connectivity index (χ4n) is 4.72. The lowest BCUT2D eigenvalue weighted by Gasteiger charge is -2.26. The van der Waals surface area contributed by atoms with E-state index < -0.39 is 17.6 Å². The van der Waals surface area contributed by atoms with Gasteiger partial charge in [0, 0.05) is 19.2 Å². The topological polar surface area (TPSA) is 193 Å². The summed E-state index contributed by atoms with van der Waals surface area (Å²) in [4.78, 5) is 48.0. The molecule has 0 atom stereocenters. The van der Waals surface area contributed by atoms with Crippen LogP contribution in [-0.2, 0) is 33.9 Å². The number of anilines is 2. The highest BCUT2D eigenvalue weighted by atomic mass is 35.5. The van der Waals surface area contributed by atoms with E-state index in [1.165, 1.54) is 0 Å². The van der Waals surface area contributed by atoms with Gasteiger partial charge in [-0.2, -0.15) is 0 Å². The van der Waals surface area contributed by atoms with Crippen LogP contribution >= 0.6 is 11.6 Å². The standard InChI is InChI=1S/C28H38ClN9O6/c1-5-37-19-14-17(43-11-8-32-27(41)44-28(2,3)4)6-7-18(19)38(16-21(39)36-9-12-42-13-10-36)20(37)15-33-26(40)22-24(30)35-25(31)23(29)34-22/h6-7,14H,5,8-13,15-16H2,1-4H3,(H5-,30,31,32,33,35,40,41)/p+1. The number of nitrogens with one attached hydrogen (secondary N) is 2. The van der Waals surface area contributed by atoms with Gasteiger partial charge in [-0.1, -0.05) is 11.6 Å². The molecule has 0 unspecified atom stereocenters. The van der Waals surface area contributed by atoms with Crippen molar-refractivity contribution in [3.63, 3.8) is 0 Å². The van der Waals surface area contributed by atoms with E-state index in [0.29, 0.717) is 44.4 Å². The first-order valence-corrected chi connectivity index (χ1v) is 14.6. The highest BCUT2D eigenvalue weighted by Gasteiger charge is 2.29. The number of hydrogen-bond acceptors (Lipinski definition) is 10. The minimum atomic E-state index is -0.600. The van der Waals surface area contributed by atoms with Crippen LogP contribution in [0.25, 0.3) is 11.0 Å². The average Bonchev–Trinajstić information content (AvgIpc) is 3.26. The summed E-state index contributed by atoms with van der Waals surface area (Å²) < 4.78 is 20.4. The van der Waals surface area contributed by atoms with Gasteiger partial charge in [0.05, 0.1) is 26.3 Å². The summed E-state index contributed by atoms with van der Waals surface area (Å²) >= 11 is 5.97. The first-order chi connectivity index (χ1) is 20.9. The molecule has 1 aliphatic rings. The Labute approximate surface area is 259 Å². The van der Waals surface area contributed by atoms with Gasteiger partial charge in [0.1, 0.15) is 24.5 Å². The number of fused-ring (bicyclic) bond motifs is 1. The van der Waals surface area contributed by atoms with E-state index >= 15 is 0 Å². The minimum absolute atomic E-state index is 0.0386. The van der Waals surface area contributed by atoms with Gasteiger partial charge in [0.15, 0.2) is 40.1 Å². The molecule has 44 heavy (non-hydrogen) atoms. The van der Waals surface area contributed by atoms with E-state index in [-0.39, 0.29) is 54.6 Å². The summed E-state index contributed by atoms with van der Waals surface area (Å²) in [5, 5.41) is 5.36. The van der Waals surface area contributed by atoms with E-state index in [9.17, 15) is 14.4 Å². The number of carbonyl (C=O) groups is 3. The Balaban J connectivity index is 1.59. The Morgan fingerprint density at radius 1 is 1.11 bits per heavy atom. The molecule has 0 aliphatic carbocycles. The molecule has 0 saturated carbocycles. The summed E-state index contributed by atoms with van der Waals surface area (Å²) in [7, 11) is 0. The summed E-state index contributed by atoms with van der Waals surface area (Å²) in [5.74, 6) is 0.322. The number of hydrogen-bond donors (Lipinski definition) is 4. The average molecular weight is 633 g/mol. The molecule has 238 valence electrons. The Hall–Kier alpha value is -4.37. The Bertz CT molecular complexity index is 1530. The Morgan fingerprint density at radius 2 is 1.84 bits per heavy atom. The normalized spacial score (nSPS) is 13.5. The number of nitrogens with two attached hydrogens (primary N) is 2. The van der Waals surface area contributed by atoms with Crippen molar-refractivity contribution in [1.29, 1.82) is 0 Å². The third kappa shape index (κ3) is 7.96. The quantitative estimate of drug-likeness (QED) is 0.187. The summed E-state index contributed by atoms with van der Waals surface area (Å²) in [5.41, 5.74) is 12.3. The second kappa shape index (κ2) is 13.9. The van der Waals surface area contributed by atoms with Crippen LogP contribution in [0.4, 0.5) is 16.4 Å². The van der Waals surface area contributed by atoms with E-state index in [1.54, 1.807) is 31.7 Å². The van der Waals surface area contributed by atoms with Crippen LogP contribution < -0.4 is 31.4 Å². The number of carbonyl (C=O) groups excluding carboxylic acids is 3. The van der Waals surface area contributed by atoms with E-state index in [2.05, 4.69) is 20.6 Å². The van der Waals surface area contributed by atoms with Crippen molar-refractivity contribution in [2.24, 2.45) is 0 Å². The predicted molar refractivity (Wildman–Crippen MR) is 162 cm³/mol. The van der Waals surface area contributed by atoms with Gasteiger partial charge in [0.25, 0.3) is 17.6 Å². The number of benzene rings is 1. The third-order valence-electron chi connectivity index (χ3n) is 6.69. The summed E-state index contributed by atoms with van der Waals surface area (Å²) in [6.07, 6.45) is -0.525. The molecule has 4 rings (SSSR count). The summed E-state index contributed by atoms with van der Waals surface area (Å²) in [6.45, 7) is 10.4. The lowest BCUT2D eigenvalue weighted by Crippen LogP contribution is -2.50. The molecule has 1 saturated heterocycles. The van der Waals surface area contributed by atoms with Crippen molar-refractivity contribution in [3.8, 4) is 5.75 Å². The predicted octanol–water partition coefficient (Wildman–Crippen LogP) is 1.25. The van der Waals surface area contributed by atoms with Gasteiger partial charge in [0.2, 0.25) is 0 Å². The van der Waals surface area contributed by atoms with Crippen LogP contribution in [0.1, 0.15) is 44.0 Å². The number of alkyl carbamates (subject to hydrolysis) is 1. The number of nitrogen functional groups attached to an aromatic ring is 2.